The fourth-order valence-electron chi connectivity index (χ4n) is 6.98. The molecule has 1 unspecified atom stereocenters. The number of hydrogen-bond acceptors (Lipinski definition) is 4. The molecule has 1 atom stereocenters. The van der Waals surface area contributed by atoms with Crippen LogP contribution in [0.1, 0.15) is 68.4 Å². The summed E-state index contributed by atoms with van der Waals surface area (Å²) in [5.74, 6) is 1.31. The lowest BCUT2D eigenvalue weighted by Crippen LogP contribution is -2.40. The first-order chi connectivity index (χ1) is 20.9. The van der Waals surface area contributed by atoms with Crippen molar-refractivity contribution in [2.24, 2.45) is 5.92 Å². The minimum Gasteiger partial charge on any atom is -0.489 e. The van der Waals surface area contributed by atoms with E-state index in [0.717, 1.165) is 58.0 Å². The number of piperidine rings is 2. The van der Waals surface area contributed by atoms with Gasteiger partial charge in [0, 0.05) is 72.7 Å². The van der Waals surface area contributed by atoms with Crippen LogP contribution in [0.2, 0.25) is 5.02 Å². The molecular formula is C36H45ClN4O2. The number of rotatable bonds is 9. The first kappa shape index (κ1) is 30.0. The Hall–Kier alpha value is -3.06. The molecule has 3 heterocycles. The summed E-state index contributed by atoms with van der Waals surface area (Å²) in [6.07, 6.45) is 4.56. The second-order valence-electron chi connectivity index (χ2n) is 12.9. The predicted octanol–water partition coefficient (Wildman–Crippen LogP) is 7.53. The molecular weight excluding hydrogens is 556 g/mol. The molecule has 2 fully saturated rings. The van der Waals surface area contributed by atoms with Crippen molar-refractivity contribution >= 4 is 39.3 Å². The van der Waals surface area contributed by atoms with Crippen molar-refractivity contribution in [1.29, 1.82) is 0 Å². The Kier molecular flexibility index (Phi) is 9.27. The average Bonchev–Trinajstić information content (AvgIpc) is 3.33. The third-order valence-corrected chi connectivity index (χ3v) is 9.47. The molecule has 1 aromatic heterocycles. The third kappa shape index (κ3) is 6.87. The molecule has 43 heavy (non-hydrogen) atoms. The number of nitrogens with zero attached hydrogens (tertiary/aromatic N) is 3. The van der Waals surface area contributed by atoms with Crippen LogP contribution < -0.4 is 10.1 Å². The number of ether oxygens (including phenoxy) is 1. The van der Waals surface area contributed by atoms with Crippen molar-refractivity contribution in [2.75, 3.05) is 39.3 Å². The van der Waals surface area contributed by atoms with Gasteiger partial charge >= 0.3 is 0 Å². The first-order valence-corrected chi connectivity index (χ1v) is 16.4. The Labute approximate surface area is 260 Å². The molecule has 6 nitrogen and oxygen atoms in total. The van der Waals surface area contributed by atoms with Crippen LogP contribution in [0, 0.1) is 5.92 Å². The minimum absolute atomic E-state index is 0.0845. The Balaban J connectivity index is 1.00. The van der Waals surface area contributed by atoms with Gasteiger partial charge in [-0.15, -0.1) is 0 Å². The largest absolute Gasteiger partial charge is 0.489 e. The summed E-state index contributed by atoms with van der Waals surface area (Å²) in [5.41, 5.74) is 4.53. The summed E-state index contributed by atoms with van der Waals surface area (Å²) in [6.45, 7) is 13.5. The van der Waals surface area contributed by atoms with E-state index in [1.54, 1.807) is 6.07 Å². The van der Waals surface area contributed by atoms with Crippen LogP contribution in [0.4, 0.5) is 0 Å². The van der Waals surface area contributed by atoms with Crippen LogP contribution in [0.5, 0.6) is 5.75 Å². The van der Waals surface area contributed by atoms with Gasteiger partial charge in [-0.05, 0) is 94.0 Å². The van der Waals surface area contributed by atoms with Gasteiger partial charge in [0.25, 0.3) is 5.91 Å². The molecule has 0 aliphatic carbocycles. The fraction of sp³-hybridized carbons (Fsp3) is 0.472. The molecule has 2 saturated heterocycles. The highest BCUT2D eigenvalue weighted by molar-refractivity contribution is 6.32. The zero-order valence-corrected chi connectivity index (χ0v) is 26.6. The number of hydrogen-bond donors (Lipinski definition) is 1. The maximum absolute atomic E-state index is 12.7. The van der Waals surface area contributed by atoms with E-state index >= 15 is 0 Å². The lowest BCUT2D eigenvalue weighted by atomic mass is 10.0. The normalized spacial score (nSPS) is 19.0. The molecule has 0 spiro atoms. The van der Waals surface area contributed by atoms with Crippen molar-refractivity contribution in [2.45, 2.75) is 65.1 Å². The molecule has 2 aliphatic heterocycles. The van der Waals surface area contributed by atoms with Gasteiger partial charge in [0.15, 0.2) is 0 Å². The Morgan fingerprint density at radius 2 is 1.74 bits per heavy atom. The van der Waals surface area contributed by atoms with Crippen LogP contribution in [0.25, 0.3) is 21.8 Å². The summed E-state index contributed by atoms with van der Waals surface area (Å²) < 4.78 is 8.76. The summed E-state index contributed by atoms with van der Waals surface area (Å²) in [4.78, 5) is 17.7. The number of para-hydroxylation sites is 1. The fourth-order valence-corrected chi connectivity index (χ4v) is 7.21. The zero-order chi connectivity index (χ0) is 29.9. The summed E-state index contributed by atoms with van der Waals surface area (Å²) in [6, 6.07) is 21.5. The molecule has 0 bridgehead atoms. The highest BCUT2D eigenvalue weighted by atomic mass is 35.5. The van der Waals surface area contributed by atoms with Gasteiger partial charge < -0.3 is 19.5 Å². The van der Waals surface area contributed by atoms with Crippen LogP contribution in [-0.2, 0) is 6.54 Å². The molecule has 4 aromatic rings. The van der Waals surface area contributed by atoms with E-state index in [-0.39, 0.29) is 12.0 Å². The number of fused-ring (bicyclic) bond motifs is 3. The third-order valence-electron chi connectivity index (χ3n) is 9.17. The Morgan fingerprint density at radius 1 is 0.953 bits per heavy atom. The number of aromatic nitrogens is 1. The van der Waals surface area contributed by atoms with Gasteiger partial charge in [-0.2, -0.15) is 0 Å². The molecule has 7 heteroatoms. The summed E-state index contributed by atoms with van der Waals surface area (Å²) in [5, 5.41) is 6.21. The second kappa shape index (κ2) is 13.3. The van der Waals surface area contributed by atoms with Crippen LogP contribution in [0.15, 0.2) is 60.7 Å². The average molecular weight is 601 g/mol. The van der Waals surface area contributed by atoms with E-state index in [0.29, 0.717) is 28.9 Å². The quantitative estimate of drug-likeness (QED) is 0.216. The monoisotopic (exact) mass is 600 g/mol. The minimum atomic E-state index is -0.0845. The van der Waals surface area contributed by atoms with E-state index in [4.69, 9.17) is 16.3 Å². The molecule has 1 amide bonds. The maximum Gasteiger partial charge on any atom is 0.251 e. The lowest BCUT2D eigenvalue weighted by molar-refractivity contribution is 0.0942. The van der Waals surface area contributed by atoms with Gasteiger partial charge in [0.05, 0.1) is 5.02 Å². The van der Waals surface area contributed by atoms with E-state index in [2.05, 4.69) is 82.9 Å². The molecule has 2 aliphatic rings. The van der Waals surface area contributed by atoms with Gasteiger partial charge in [0.1, 0.15) is 11.9 Å². The molecule has 0 radical (unpaired) electrons. The van der Waals surface area contributed by atoms with E-state index in [9.17, 15) is 4.79 Å². The standard InChI is InChI=1S/C36H45ClN4O2/c1-25(2)41-33-9-5-4-8-30(33)31-21-27(10-12-34(31)41)24-40-18-14-29(15-19-40)43-35-13-11-28(22-32(35)37)36(42)38-16-20-39-17-6-7-26(3)23-39/h4-5,8-13,21-22,25-26,29H,6-7,14-20,23-24H2,1-3H3,(H,38,42). The van der Waals surface area contributed by atoms with Crippen molar-refractivity contribution in [3.05, 3.63) is 76.8 Å². The number of carbonyl (C=O) groups excluding carboxylic acids is 1. The highest BCUT2D eigenvalue weighted by Gasteiger charge is 2.23. The number of likely N-dealkylation sites (tertiary alicyclic amines) is 2. The number of benzene rings is 3. The van der Waals surface area contributed by atoms with E-state index in [1.165, 1.54) is 40.2 Å². The molecule has 3 aromatic carbocycles. The van der Waals surface area contributed by atoms with Crippen LogP contribution in [-0.4, -0.2) is 65.6 Å². The first-order valence-electron chi connectivity index (χ1n) is 16.1. The molecule has 1 N–H and O–H groups in total. The molecule has 0 saturated carbocycles. The maximum atomic E-state index is 12.7. The number of amides is 1. The SMILES string of the molecule is CC1CCCN(CCNC(=O)c2ccc(OC3CCN(Cc4ccc5c(c4)c4ccccc4n5C(C)C)CC3)c(Cl)c2)C1. The van der Waals surface area contributed by atoms with Gasteiger partial charge in [0.2, 0.25) is 0 Å². The van der Waals surface area contributed by atoms with Gasteiger partial charge in [-0.3, -0.25) is 9.69 Å². The second-order valence-corrected chi connectivity index (χ2v) is 13.3. The predicted molar refractivity (Wildman–Crippen MR) is 177 cm³/mol. The Bertz CT molecular complexity index is 1570. The number of halogens is 1. The van der Waals surface area contributed by atoms with Crippen molar-refractivity contribution in [3.63, 3.8) is 0 Å². The number of carbonyl (C=O) groups is 1. The van der Waals surface area contributed by atoms with Crippen molar-refractivity contribution < 1.29 is 9.53 Å². The van der Waals surface area contributed by atoms with Crippen LogP contribution in [0.3, 0.4) is 0 Å². The van der Waals surface area contributed by atoms with Crippen LogP contribution >= 0.6 is 11.6 Å². The summed E-state index contributed by atoms with van der Waals surface area (Å²) >= 11 is 6.59. The van der Waals surface area contributed by atoms with Gasteiger partial charge in [-0.1, -0.05) is 42.8 Å². The van der Waals surface area contributed by atoms with Crippen molar-refractivity contribution in [1.82, 2.24) is 19.7 Å². The lowest BCUT2D eigenvalue weighted by Gasteiger charge is -2.32. The van der Waals surface area contributed by atoms with E-state index in [1.807, 2.05) is 12.1 Å². The highest BCUT2D eigenvalue weighted by Crippen LogP contribution is 2.33. The number of nitrogens with one attached hydrogen (secondary N) is 1. The molecule has 6 rings (SSSR count). The van der Waals surface area contributed by atoms with Gasteiger partial charge in [-0.25, -0.2) is 0 Å². The van der Waals surface area contributed by atoms with Crippen molar-refractivity contribution in [3.8, 4) is 5.75 Å². The smallest absolute Gasteiger partial charge is 0.251 e. The topological polar surface area (TPSA) is 49.7 Å². The zero-order valence-electron chi connectivity index (χ0n) is 25.8. The Morgan fingerprint density at radius 3 is 2.51 bits per heavy atom. The summed E-state index contributed by atoms with van der Waals surface area (Å²) in [7, 11) is 0. The van der Waals surface area contributed by atoms with E-state index < -0.39 is 0 Å². The molecule has 228 valence electrons.